The average molecular weight is 274 g/mol. The third kappa shape index (κ3) is 3.61. The minimum absolute atomic E-state index is 0.0629. The SMILES string of the molecule is CC#CCC(Cc1ccccc1)(C(=O)O)C(=O)OCC. The highest BCUT2D eigenvalue weighted by molar-refractivity contribution is 5.99. The minimum atomic E-state index is -1.65. The molecular weight excluding hydrogens is 256 g/mol. The topological polar surface area (TPSA) is 63.6 Å². The molecule has 1 atom stereocenters. The summed E-state index contributed by atoms with van der Waals surface area (Å²) in [5.74, 6) is 3.39. The first-order chi connectivity index (χ1) is 9.56. The van der Waals surface area contributed by atoms with Crippen LogP contribution in [0.1, 0.15) is 25.8 Å². The molecule has 1 N–H and O–H groups in total. The van der Waals surface area contributed by atoms with E-state index in [4.69, 9.17) is 4.74 Å². The van der Waals surface area contributed by atoms with Gasteiger partial charge < -0.3 is 9.84 Å². The third-order valence-electron chi connectivity index (χ3n) is 2.99. The van der Waals surface area contributed by atoms with E-state index in [9.17, 15) is 14.7 Å². The van der Waals surface area contributed by atoms with Gasteiger partial charge in [0.25, 0.3) is 0 Å². The number of aliphatic carboxylic acids is 1. The van der Waals surface area contributed by atoms with E-state index >= 15 is 0 Å². The molecule has 0 amide bonds. The number of hydrogen-bond donors (Lipinski definition) is 1. The zero-order valence-electron chi connectivity index (χ0n) is 11.7. The largest absolute Gasteiger partial charge is 0.480 e. The van der Waals surface area contributed by atoms with Gasteiger partial charge >= 0.3 is 11.9 Å². The number of esters is 1. The lowest BCUT2D eigenvalue weighted by Gasteiger charge is -2.25. The Balaban J connectivity index is 3.17. The highest BCUT2D eigenvalue weighted by Crippen LogP contribution is 2.29. The summed E-state index contributed by atoms with van der Waals surface area (Å²) in [6, 6.07) is 9.02. The number of carboxylic acid groups (broad SMARTS) is 1. The second-order valence-electron chi connectivity index (χ2n) is 4.37. The van der Waals surface area contributed by atoms with Gasteiger partial charge in [0.1, 0.15) is 0 Å². The summed E-state index contributed by atoms with van der Waals surface area (Å²) in [4.78, 5) is 23.8. The summed E-state index contributed by atoms with van der Waals surface area (Å²) in [5.41, 5.74) is -0.888. The van der Waals surface area contributed by atoms with Gasteiger partial charge in [0.15, 0.2) is 5.41 Å². The van der Waals surface area contributed by atoms with E-state index in [1.165, 1.54) is 0 Å². The molecule has 0 bridgehead atoms. The molecule has 1 aromatic carbocycles. The zero-order valence-corrected chi connectivity index (χ0v) is 11.7. The van der Waals surface area contributed by atoms with Crippen LogP contribution in [0, 0.1) is 17.3 Å². The monoisotopic (exact) mass is 274 g/mol. The predicted octanol–water partition coefficient (Wildman–Crippen LogP) is 2.28. The number of benzene rings is 1. The number of carbonyl (C=O) groups is 2. The molecular formula is C16H18O4. The van der Waals surface area contributed by atoms with Crippen LogP contribution in [0.15, 0.2) is 30.3 Å². The highest BCUT2D eigenvalue weighted by Gasteiger charge is 2.47. The second-order valence-corrected chi connectivity index (χ2v) is 4.37. The maximum atomic E-state index is 12.1. The first kappa shape index (κ1) is 15.8. The number of rotatable bonds is 6. The van der Waals surface area contributed by atoms with E-state index < -0.39 is 17.4 Å². The van der Waals surface area contributed by atoms with Crippen molar-refractivity contribution in [2.75, 3.05) is 6.61 Å². The van der Waals surface area contributed by atoms with E-state index in [-0.39, 0.29) is 19.4 Å². The first-order valence-corrected chi connectivity index (χ1v) is 6.41. The molecule has 0 aromatic heterocycles. The Kier molecular flexibility index (Phi) is 5.79. The van der Waals surface area contributed by atoms with Crippen LogP contribution in [0.2, 0.25) is 0 Å². The van der Waals surface area contributed by atoms with Gasteiger partial charge in [-0.05, 0) is 19.4 Å². The van der Waals surface area contributed by atoms with Gasteiger partial charge in [-0.3, -0.25) is 9.59 Å². The normalized spacial score (nSPS) is 12.7. The molecule has 0 aliphatic heterocycles. The lowest BCUT2D eigenvalue weighted by atomic mass is 9.78. The molecule has 0 saturated carbocycles. The lowest BCUT2D eigenvalue weighted by Crippen LogP contribution is -2.42. The van der Waals surface area contributed by atoms with Crippen molar-refractivity contribution in [3.05, 3.63) is 35.9 Å². The quantitative estimate of drug-likeness (QED) is 0.491. The smallest absolute Gasteiger partial charge is 0.324 e. The average Bonchev–Trinajstić information content (AvgIpc) is 2.44. The van der Waals surface area contributed by atoms with Gasteiger partial charge in [-0.15, -0.1) is 11.8 Å². The first-order valence-electron chi connectivity index (χ1n) is 6.41. The van der Waals surface area contributed by atoms with Gasteiger partial charge in [0, 0.05) is 12.8 Å². The molecule has 20 heavy (non-hydrogen) atoms. The maximum Gasteiger partial charge on any atom is 0.324 e. The van der Waals surface area contributed by atoms with Crippen LogP contribution < -0.4 is 0 Å². The second kappa shape index (κ2) is 7.34. The van der Waals surface area contributed by atoms with Crippen molar-refractivity contribution in [3.63, 3.8) is 0 Å². The summed E-state index contributed by atoms with van der Waals surface area (Å²) in [7, 11) is 0. The fourth-order valence-corrected chi connectivity index (χ4v) is 1.90. The fraction of sp³-hybridized carbons (Fsp3) is 0.375. The molecule has 1 aromatic rings. The van der Waals surface area contributed by atoms with E-state index in [0.29, 0.717) is 0 Å². The van der Waals surface area contributed by atoms with Gasteiger partial charge in [-0.1, -0.05) is 30.3 Å². The zero-order chi connectivity index (χ0) is 15.0. The van der Waals surface area contributed by atoms with Crippen molar-refractivity contribution >= 4 is 11.9 Å². The molecule has 0 heterocycles. The van der Waals surface area contributed by atoms with Crippen molar-refractivity contribution < 1.29 is 19.4 Å². The van der Waals surface area contributed by atoms with Crippen LogP contribution in [0.25, 0.3) is 0 Å². The van der Waals surface area contributed by atoms with Gasteiger partial charge in [-0.25, -0.2) is 0 Å². The predicted molar refractivity (Wildman–Crippen MR) is 74.9 cm³/mol. The molecule has 4 heteroatoms. The summed E-state index contributed by atoms with van der Waals surface area (Å²) in [5, 5.41) is 9.54. The van der Waals surface area contributed by atoms with Crippen molar-refractivity contribution in [2.24, 2.45) is 5.41 Å². The molecule has 0 aliphatic rings. The Labute approximate surface area is 118 Å². The Bertz CT molecular complexity index is 524. The van der Waals surface area contributed by atoms with E-state index in [1.807, 2.05) is 6.07 Å². The third-order valence-corrected chi connectivity index (χ3v) is 2.99. The van der Waals surface area contributed by atoms with Gasteiger partial charge in [0.05, 0.1) is 6.61 Å². The number of carboxylic acids is 1. The maximum absolute atomic E-state index is 12.1. The molecule has 0 radical (unpaired) electrons. The number of carbonyl (C=O) groups excluding carboxylic acids is 1. The van der Waals surface area contributed by atoms with Crippen molar-refractivity contribution in [1.82, 2.24) is 0 Å². The Morgan fingerprint density at radius 1 is 1.30 bits per heavy atom. The van der Waals surface area contributed by atoms with Gasteiger partial charge in [-0.2, -0.15) is 0 Å². The molecule has 106 valence electrons. The van der Waals surface area contributed by atoms with Crippen LogP contribution in [0.3, 0.4) is 0 Å². The van der Waals surface area contributed by atoms with Gasteiger partial charge in [0.2, 0.25) is 0 Å². The summed E-state index contributed by atoms with van der Waals surface area (Å²) < 4.78 is 4.95. The number of ether oxygens (including phenoxy) is 1. The summed E-state index contributed by atoms with van der Waals surface area (Å²) >= 11 is 0. The van der Waals surface area contributed by atoms with Crippen LogP contribution in [-0.2, 0) is 20.7 Å². The van der Waals surface area contributed by atoms with Crippen LogP contribution in [0.5, 0.6) is 0 Å². The Morgan fingerprint density at radius 3 is 2.45 bits per heavy atom. The summed E-state index contributed by atoms with van der Waals surface area (Å²) in [6.07, 6.45) is 0.00322. The van der Waals surface area contributed by atoms with E-state index in [2.05, 4.69) is 11.8 Å². The van der Waals surface area contributed by atoms with Crippen LogP contribution >= 0.6 is 0 Å². The molecule has 1 rings (SSSR count). The lowest BCUT2D eigenvalue weighted by molar-refractivity contribution is -0.168. The van der Waals surface area contributed by atoms with Crippen LogP contribution in [0.4, 0.5) is 0 Å². The van der Waals surface area contributed by atoms with E-state index in [0.717, 1.165) is 5.56 Å². The molecule has 0 aliphatic carbocycles. The standard InChI is InChI=1S/C16H18O4/c1-3-5-11-16(14(17)18,15(19)20-4-2)12-13-9-7-6-8-10-13/h6-10H,4,11-12H2,1-2H3,(H,17,18). The van der Waals surface area contributed by atoms with Crippen molar-refractivity contribution in [2.45, 2.75) is 26.7 Å². The molecule has 4 nitrogen and oxygen atoms in total. The minimum Gasteiger partial charge on any atom is -0.480 e. The highest BCUT2D eigenvalue weighted by atomic mass is 16.5. The molecule has 0 fully saturated rings. The van der Waals surface area contributed by atoms with Crippen molar-refractivity contribution in [1.29, 1.82) is 0 Å². The van der Waals surface area contributed by atoms with Crippen molar-refractivity contribution in [3.8, 4) is 11.8 Å². The molecule has 0 saturated heterocycles. The van der Waals surface area contributed by atoms with Crippen LogP contribution in [-0.4, -0.2) is 23.7 Å². The number of hydrogen-bond acceptors (Lipinski definition) is 3. The molecule has 0 spiro atoms. The summed E-state index contributed by atoms with van der Waals surface area (Å²) in [6.45, 7) is 3.40. The Hall–Kier alpha value is -2.28. The van der Waals surface area contributed by atoms with E-state index in [1.54, 1.807) is 38.1 Å². The molecule has 1 unspecified atom stereocenters. The fourth-order valence-electron chi connectivity index (χ4n) is 1.90. The Morgan fingerprint density at radius 2 is 1.95 bits per heavy atom.